The van der Waals surface area contributed by atoms with Crippen molar-refractivity contribution in [2.75, 3.05) is 12.3 Å². The van der Waals surface area contributed by atoms with E-state index in [4.69, 9.17) is 0 Å². The van der Waals surface area contributed by atoms with Crippen LogP contribution in [0.1, 0.15) is 11.1 Å². The summed E-state index contributed by atoms with van der Waals surface area (Å²) in [5.74, 6) is 0.0382. The second-order valence-electron chi connectivity index (χ2n) is 3.55. The van der Waals surface area contributed by atoms with Gasteiger partial charge in [-0.25, -0.2) is 0 Å². The molecule has 0 aliphatic heterocycles. The summed E-state index contributed by atoms with van der Waals surface area (Å²) in [7, 11) is 0. The fourth-order valence-electron chi connectivity index (χ4n) is 1.22. The fourth-order valence-corrected chi connectivity index (χ4v) is 2.12. The summed E-state index contributed by atoms with van der Waals surface area (Å²) in [5, 5.41) is 2.98. The molecule has 0 saturated heterocycles. The molecule has 0 unspecified atom stereocenters. The van der Waals surface area contributed by atoms with Gasteiger partial charge in [-0.1, -0.05) is 28.1 Å². The summed E-state index contributed by atoms with van der Waals surface area (Å²) in [4.78, 5) is 0. The second kappa shape index (κ2) is 6.66. The van der Waals surface area contributed by atoms with Crippen molar-refractivity contribution in [3.8, 4) is 0 Å². The number of alkyl halides is 3. The maximum absolute atomic E-state index is 11.8. The molecule has 0 saturated carbocycles. The van der Waals surface area contributed by atoms with Crippen molar-refractivity contribution >= 4 is 27.7 Å². The molecule has 0 atom stereocenters. The Kier molecular flexibility index (Phi) is 5.82. The van der Waals surface area contributed by atoms with Gasteiger partial charge in [-0.05, 0) is 35.9 Å². The summed E-state index contributed by atoms with van der Waals surface area (Å²) in [6.07, 6.45) is 0. The molecule has 1 aromatic rings. The molecule has 0 spiro atoms. The van der Waals surface area contributed by atoms with Crippen LogP contribution in [0, 0.1) is 6.92 Å². The van der Waals surface area contributed by atoms with Crippen LogP contribution in [0.2, 0.25) is 0 Å². The minimum atomic E-state index is -4.13. The van der Waals surface area contributed by atoms with Crippen molar-refractivity contribution in [1.29, 1.82) is 0 Å². The highest BCUT2D eigenvalue weighted by Gasteiger charge is 2.27. The van der Waals surface area contributed by atoms with Gasteiger partial charge in [0.15, 0.2) is 0 Å². The number of halogens is 4. The maximum atomic E-state index is 11.8. The van der Waals surface area contributed by atoms with Crippen LogP contribution in [0.15, 0.2) is 22.7 Å². The Morgan fingerprint density at radius 3 is 2.65 bits per heavy atom. The molecule has 1 N–H and O–H groups in total. The van der Waals surface area contributed by atoms with Crippen LogP contribution in [-0.4, -0.2) is 17.8 Å². The molecular formula is C11H13BrF3NS. The first-order valence-electron chi connectivity index (χ1n) is 5.05. The van der Waals surface area contributed by atoms with Gasteiger partial charge in [-0.15, -0.1) is 0 Å². The average Bonchev–Trinajstić information content (AvgIpc) is 2.21. The van der Waals surface area contributed by atoms with Crippen LogP contribution in [0.5, 0.6) is 0 Å². The monoisotopic (exact) mass is 327 g/mol. The van der Waals surface area contributed by atoms with Crippen LogP contribution >= 0.6 is 27.7 Å². The maximum Gasteiger partial charge on any atom is 0.441 e. The van der Waals surface area contributed by atoms with E-state index in [-0.39, 0.29) is 17.5 Å². The predicted molar refractivity (Wildman–Crippen MR) is 69.1 cm³/mol. The third kappa shape index (κ3) is 6.33. The molecular weight excluding hydrogens is 315 g/mol. The van der Waals surface area contributed by atoms with Crippen molar-refractivity contribution in [2.24, 2.45) is 0 Å². The summed E-state index contributed by atoms with van der Waals surface area (Å²) < 4.78 is 36.5. The first kappa shape index (κ1) is 14.9. The van der Waals surface area contributed by atoms with Crippen LogP contribution < -0.4 is 5.32 Å². The molecule has 96 valence electrons. The summed E-state index contributed by atoms with van der Waals surface area (Å²) >= 11 is 3.42. The Bertz CT molecular complexity index is 368. The highest BCUT2D eigenvalue weighted by molar-refractivity contribution is 9.10. The molecule has 1 aromatic carbocycles. The predicted octanol–water partition coefficient (Wildman–Crippen LogP) is 4.10. The standard InChI is InChI=1S/C11H13BrF3NS/c1-8-2-3-9(6-10(8)12)7-16-4-5-17-11(13,14)15/h2-3,6,16H,4-5,7H2,1H3. The first-order chi connectivity index (χ1) is 7.88. The Labute approximate surface area is 111 Å². The lowest BCUT2D eigenvalue weighted by atomic mass is 10.1. The molecule has 6 heteroatoms. The summed E-state index contributed by atoms with van der Waals surface area (Å²) in [5.41, 5.74) is -1.94. The van der Waals surface area contributed by atoms with Crippen molar-refractivity contribution in [1.82, 2.24) is 5.32 Å². The second-order valence-corrected chi connectivity index (χ2v) is 5.57. The number of aryl methyl sites for hydroxylation is 1. The highest BCUT2D eigenvalue weighted by Crippen LogP contribution is 2.29. The van der Waals surface area contributed by atoms with Gasteiger partial charge in [-0.3, -0.25) is 0 Å². The number of benzene rings is 1. The molecule has 0 bridgehead atoms. The molecule has 1 rings (SSSR count). The molecule has 0 amide bonds. The quantitative estimate of drug-likeness (QED) is 0.817. The van der Waals surface area contributed by atoms with Crippen LogP contribution in [0.25, 0.3) is 0 Å². The molecule has 0 radical (unpaired) electrons. The van der Waals surface area contributed by atoms with E-state index in [1.807, 2.05) is 25.1 Å². The molecule has 0 heterocycles. The Morgan fingerprint density at radius 2 is 2.06 bits per heavy atom. The van der Waals surface area contributed by atoms with Crippen molar-refractivity contribution in [3.63, 3.8) is 0 Å². The van der Waals surface area contributed by atoms with E-state index in [2.05, 4.69) is 21.2 Å². The number of hydrogen-bond donors (Lipinski definition) is 1. The molecule has 0 fully saturated rings. The SMILES string of the molecule is Cc1ccc(CNCCSC(F)(F)F)cc1Br. The summed E-state index contributed by atoms with van der Waals surface area (Å²) in [6, 6.07) is 5.91. The Hall–Kier alpha value is -0.200. The zero-order valence-electron chi connectivity index (χ0n) is 9.27. The molecule has 0 aliphatic carbocycles. The van der Waals surface area contributed by atoms with Gasteiger partial charge in [-0.2, -0.15) is 13.2 Å². The van der Waals surface area contributed by atoms with Gasteiger partial charge in [0.25, 0.3) is 0 Å². The average molecular weight is 328 g/mol. The van der Waals surface area contributed by atoms with E-state index in [0.29, 0.717) is 13.1 Å². The molecule has 17 heavy (non-hydrogen) atoms. The minimum absolute atomic E-state index is 0.00255. The smallest absolute Gasteiger partial charge is 0.312 e. The lowest BCUT2D eigenvalue weighted by Crippen LogP contribution is -2.18. The highest BCUT2D eigenvalue weighted by atomic mass is 79.9. The van der Waals surface area contributed by atoms with Crippen molar-refractivity contribution < 1.29 is 13.2 Å². The Balaban J connectivity index is 2.25. The fraction of sp³-hybridized carbons (Fsp3) is 0.455. The zero-order chi connectivity index (χ0) is 12.9. The lowest BCUT2D eigenvalue weighted by molar-refractivity contribution is -0.0327. The third-order valence-corrected chi connectivity index (χ3v) is 3.70. The van der Waals surface area contributed by atoms with Gasteiger partial charge in [0.1, 0.15) is 0 Å². The zero-order valence-corrected chi connectivity index (χ0v) is 11.7. The number of rotatable bonds is 5. The van der Waals surface area contributed by atoms with E-state index in [1.165, 1.54) is 0 Å². The normalized spacial score (nSPS) is 11.8. The Morgan fingerprint density at radius 1 is 1.35 bits per heavy atom. The van der Waals surface area contributed by atoms with Gasteiger partial charge < -0.3 is 5.32 Å². The van der Waals surface area contributed by atoms with E-state index in [9.17, 15) is 13.2 Å². The van der Waals surface area contributed by atoms with Gasteiger partial charge in [0.05, 0.1) is 0 Å². The van der Waals surface area contributed by atoms with Crippen LogP contribution in [0.3, 0.4) is 0 Å². The van der Waals surface area contributed by atoms with E-state index in [1.54, 1.807) is 0 Å². The van der Waals surface area contributed by atoms with Crippen LogP contribution in [-0.2, 0) is 6.54 Å². The number of nitrogens with one attached hydrogen (secondary N) is 1. The third-order valence-electron chi connectivity index (χ3n) is 2.11. The van der Waals surface area contributed by atoms with Gasteiger partial charge in [0, 0.05) is 23.3 Å². The van der Waals surface area contributed by atoms with E-state index >= 15 is 0 Å². The van der Waals surface area contributed by atoms with Gasteiger partial charge >= 0.3 is 5.51 Å². The van der Waals surface area contributed by atoms with E-state index < -0.39 is 5.51 Å². The molecule has 0 aliphatic rings. The lowest BCUT2D eigenvalue weighted by Gasteiger charge is -2.08. The minimum Gasteiger partial charge on any atom is -0.312 e. The topological polar surface area (TPSA) is 12.0 Å². The van der Waals surface area contributed by atoms with Crippen molar-refractivity contribution in [3.05, 3.63) is 33.8 Å². The number of thioether (sulfide) groups is 1. The number of hydrogen-bond acceptors (Lipinski definition) is 2. The van der Waals surface area contributed by atoms with Crippen LogP contribution in [0.4, 0.5) is 13.2 Å². The molecule has 1 nitrogen and oxygen atoms in total. The summed E-state index contributed by atoms with van der Waals surface area (Å²) in [6.45, 7) is 2.91. The van der Waals surface area contributed by atoms with Gasteiger partial charge in [0.2, 0.25) is 0 Å². The largest absolute Gasteiger partial charge is 0.441 e. The molecule has 0 aromatic heterocycles. The first-order valence-corrected chi connectivity index (χ1v) is 6.83. The van der Waals surface area contributed by atoms with Crippen molar-refractivity contribution in [2.45, 2.75) is 19.0 Å². The van der Waals surface area contributed by atoms with E-state index in [0.717, 1.165) is 15.6 Å².